The summed E-state index contributed by atoms with van der Waals surface area (Å²) < 4.78 is 0. The Morgan fingerprint density at radius 1 is 1.35 bits per heavy atom. The van der Waals surface area contributed by atoms with Crippen LogP contribution in [0, 0.1) is 5.41 Å². The molecule has 2 heterocycles. The third kappa shape index (κ3) is 3.71. The number of rotatable bonds is 4. The van der Waals surface area contributed by atoms with E-state index >= 15 is 0 Å². The monoisotopic (exact) mass is 275 g/mol. The van der Waals surface area contributed by atoms with Crippen molar-refractivity contribution in [1.29, 1.82) is 0 Å². The maximum atomic E-state index is 12.4. The van der Waals surface area contributed by atoms with Gasteiger partial charge in [0.1, 0.15) is 5.69 Å². The van der Waals surface area contributed by atoms with Gasteiger partial charge in [-0.05, 0) is 36.8 Å². The number of aromatic nitrogens is 1. The molecule has 20 heavy (non-hydrogen) atoms. The van der Waals surface area contributed by atoms with Crippen LogP contribution in [0.1, 0.15) is 50.5 Å². The first-order valence-electron chi connectivity index (χ1n) is 7.51. The van der Waals surface area contributed by atoms with E-state index in [1.807, 2.05) is 17.0 Å². The van der Waals surface area contributed by atoms with Gasteiger partial charge in [-0.1, -0.05) is 20.8 Å². The molecule has 0 aromatic carbocycles. The lowest BCUT2D eigenvalue weighted by Crippen LogP contribution is -2.41. The summed E-state index contributed by atoms with van der Waals surface area (Å²) in [6, 6.07) is 3.75. The molecule has 4 nitrogen and oxygen atoms in total. The van der Waals surface area contributed by atoms with Crippen molar-refractivity contribution in [3.8, 4) is 0 Å². The van der Waals surface area contributed by atoms with Gasteiger partial charge in [0.2, 0.25) is 0 Å². The number of nitrogens with zero attached hydrogens (tertiary/aromatic N) is 2. The van der Waals surface area contributed by atoms with Crippen LogP contribution in [0.2, 0.25) is 0 Å². The summed E-state index contributed by atoms with van der Waals surface area (Å²) in [5, 5.41) is 3.26. The third-order valence-corrected chi connectivity index (χ3v) is 3.97. The van der Waals surface area contributed by atoms with Gasteiger partial charge in [0.25, 0.3) is 5.91 Å². The molecule has 0 aliphatic carbocycles. The molecular weight excluding hydrogens is 250 g/mol. The molecule has 1 aliphatic heterocycles. The van der Waals surface area contributed by atoms with Crippen LogP contribution < -0.4 is 5.32 Å². The van der Waals surface area contributed by atoms with Crippen molar-refractivity contribution in [2.24, 2.45) is 5.41 Å². The maximum Gasteiger partial charge on any atom is 0.272 e. The minimum absolute atomic E-state index is 0.0579. The topological polar surface area (TPSA) is 45.2 Å². The van der Waals surface area contributed by atoms with E-state index in [0.29, 0.717) is 11.1 Å². The van der Waals surface area contributed by atoms with Gasteiger partial charge < -0.3 is 10.2 Å². The number of hydrogen-bond acceptors (Lipinski definition) is 3. The summed E-state index contributed by atoms with van der Waals surface area (Å²) in [6.45, 7) is 9.25. The highest BCUT2D eigenvalue weighted by Gasteiger charge is 2.28. The summed E-state index contributed by atoms with van der Waals surface area (Å²) in [7, 11) is 0. The van der Waals surface area contributed by atoms with Crippen LogP contribution in [0.25, 0.3) is 0 Å². The summed E-state index contributed by atoms with van der Waals surface area (Å²) >= 11 is 0. The number of carbonyl (C=O) groups is 1. The van der Waals surface area contributed by atoms with Crippen molar-refractivity contribution in [2.45, 2.75) is 40.0 Å². The van der Waals surface area contributed by atoms with Crippen molar-refractivity contribution in [3.63, 3.8) is 0 Å². The highest BCUT2D eigenvalue weighted by Crippen LogP contribution is 2.30. The Hall–Kier alpha value is -1.58. The van der Waals surface area contributed by atoms with Crippen molar-refractivity contribution in [1.82, 2.24) is 9.88 Å². The minimum atomic E-state index is 0.0579. The van der Waals surface area contributed by atoms with E-state index in [0.717, 1.165) is 44.6 Å². The molecule has 1 N–H and O–H groups in total. The highest BCUT2D eigenvalue weighted by molar-refractivity contribution is 5.92. The average Bonchev–Trinajstić information content (AvgIpc) is 2.45. The van der Waals surface area contributed by atoms with Crippen LogP contribution >= 0.6 is 0 Å². The second kappa shape index (κ2) is 6.25. The normalized spacial score (nSPS) is 17.9. The zero-order valence-electron chi connectivity index (χ0n) is 12.8. The molecular formula is C16H25N3O. The number of nitrogens with one attached hydrogen (secondary N) is 1. The molecule has 0 spiro atoms. The standard InChI is InChI=1S/C16H25N3O/c1-4-9-17-13-5-6-14(18-12-13)15(20)19-10-7-16(2,3)8-11-19/h5-6,12,17H,4,7-11H2,1-3H3. The van der Waals surface area contributed by atoms with E-state index in [-0.39, 0.29) is 5.91 Å². The predicted octanol–water partition coefficient (Wildman–Crippen LogP) is 3.17. The Labute approximate surface area is 121 Å². The van der Waals surface area contributed by atoms with E-state index in [4.69, 9.17) is 0 Å². The fraction of sp³-hybridized carbons (Fsp3) is 0.625. The molecule has 0 bridgehead atoms. The van der Waals surface area contributed by atoms with Crippen molar-refractivity contribution < 1.29 is 4.79 Å². The SMILES string of the molecule is CCCNc1ccc(C(=O)N2CCC(C)(C)CC2)nc1. The molecule has 2 rings (SSSR count). The molecule has 4 heteroatoms. The van der Waals surface area contributed by atoms with Crippen molar-refractivity contribution in [2.75, 3.05) is 25.0 Å². The number of amides is 1. The Bertz CT molecular complexity index is 443. The zero-order valence-corrected chi connectivity index (χ0v) is 12.8. The second-order valence-corrected chi connectivity index (χ2v) is 6.32. The third-order valence-electron chi connectivity index (χ3n) is 3.97. The lowest BCUT2D eigenvalue weighted by molar-refractivity contribution is 0.0624. The van der Waals surface area contributed by atoms with E-state index in [1.165, 1.54) is 0 Å². The molecule has 1 saturated heterocycles. The number of piperidine rings is 1. The van der Waals surface area contributed by atoms with E-state index in [2.05, 4.69) is 31.1 Å². The van der Waals surface area contributed by atoms with Crippen LogP contribution in [0.4, 0.5) is 5.69 Å². The number of anilines is 1. The van der Waals surface area contributed by atoms with Crippen molar-refractivity contribution >= 4 is 11.6 Å². The Balaban J connectivity index is 1.96. The Morgan fingerprint density at radius 3 is 2.60 bits per heavy atom. The van der Waals surface area contributed by atoms with Gasteiger partial charge >= 0.3 is 0 Å². The first-order valence-corrected chi connectivity index (χ1v) is 7.51. The molecule has 110 valence electrons. The predicted molar refractivity (Wildman–Crippen MR) is 81.9 cm³/mol. The second-order valence-electron chi connectivity index (χ2n) is 6.32. The summed E-state index contributed by atoms with van der Waals surface area (Å²) in [5.41, 5.74) is 1.88. The number of carbonyl (C=O) groups excluding carboxylic acids is 1. The van der Waals surface area contributed by atoms with Crippen LogP contribution in [0.5, 0.6) is 0 Å². The fourth-order valence-electron chi connectivity index (χ4n) is 2.37. The van der Waals surface area contributed by atoms with E-state index in [9.17, 15) is 4.79 Å². The number of pyridine rings is 1. The largest absolute Gasteiger partial charge is 0.384 e. The Morgan fingerprint density at radius 2 is 2.05 bits per heavy atom. The lowest BCUT2D eigenvalue weighted by atomic mass is 9.82. The smallest absolute Gasteiger partial charge is 0.272 e. The highest BCUT2D eigenvalue weighted by atomic mass is 16.2. The van der Waals surface area contributed by atoms with Gasteiger partial charge in [-0.3, -0.25) is 4.79 Å². The van der Waals surface area contributed by atoms with Crippen LogP contribution in [0.3, 0.4) is 0 Å². The molecule has 1 aromatic rings. The van der Waals surface area contributed by atoms with Gasteiger partial charge in [0.15, 0.2) is 0 Å². The quantitative estimate of drug-likeness (QED) is 0.918. The first kappa shape index (κ1) is 14.8. The molecule has 0 atom stereocenters. The minimum Gasteiger partial charge on any atom is -0.384 e. The molecule has 1 aliphatic rings. The fourth-order valence-corrected chi connectivity index (χ4v) is 2.37. The average molecular weight is 275 g/mol. The zero-order chi connectivity index (χ0) is 14.6. The van der Waals surface area contributed by atoms with Gasteiger partial charge in [-0.15, -0.1) is 0 Å². The first-order chi connectivity index (χ1) is 9.52. The van der Waals surface area contributed by atoms with Crippen LogP contribution in [-0.4, -0.2) is 35.4 Å². The molecule has 1 aromatic heterocycles. The summed E-state index contributed by atoms with van der Waals surface area (Å²) in [6.07, 6.45) is 4.95. The van der Waals surface area contributed by atoms with E-state index < -0.39 is 0 Å². The van der Waals surface area contributed by atoms with E-state index in [1.54, 1.807) is 6.20 Å². The molecule has 0 saturated carbocycles. The summed E-state index contributed by atoms with van der Waals surface area (Å²) in [4.78, 5) is 18.6. The Kier molecular flexibility index (Phi) is 4.63. The van der Waals surface area contributed by atoms with Gasteiger partial charge in [-0.2, -0.15) is 0 Å². The lowest BCUT2D eigenvalue weighted by Gasteiger charge is -2.36. The number of hydrogen-bond donors (Lipinski definition) is 1. The molecule has 1 amide bonds. The molecule has 0 radical (unpaired) electrons. The molecule has 1 fully saturated rings. The van der Waals surface area contributed by atoms with Crippen LogP contribution in [-0.2, 0) is 0 Å². The van der Waals surface area contributed by atoms with Gasteiger partial charge in [-0.25, -0.2) is 4.98 Å². The van der Waals surface area contributed by atoms with Gasteiger partial charge in [0, 0.05) is 19.6 Å². The molecule has 0 unspecified atom stereocenters. The van der Waals surface area contributed by atoms with Crippen LogP contribution in [0.15, 0.2) is 18.3 Å². The number of likely N-dealkylation sites (tertiary alicyclic amines) is 1. The van der Waals surface area contributed by atoms with Crippen molar-refractivity contribution in [3.05, 3.63) is 24.0 Å². The van der Waals surface area contributed by atoms with Gasteiger partial charge in [0.05, 0.1) is 11.9 Å². The summed E-state index contributed by atoms with van der Waals surface area (Å²) in [5.74, 6) is 0.0579. The maximum absolute atomic E-state index is 12.4.